The number of hydrogen-bond donors (Lipinski definition) is 0. The molecule has 5 aromatic rings. The number of aryl methyl sites for hydroxylation is 2. The van der Waals surface area contributed by atoms with Gasteiger partial charge in [-0.15, -0.1) is 0 Å². The molecule has 0 unspecified atom stereocenters. The van der Waals surface area contributed by atoms with Crippen molar-refractivity contribution in [1.82, 2.24) is 4.48 Å². The minimum Gasteiger partial charge on any atom is -0.324 e. The van der Waals surface area contributed by atoms with Gasteiger partial charge in [-0.3, -0.25) is 8.63 Å². The Balaban J connectivity index is 1.63. The number of allylic oxidation sites excluding steroid dienone is 2. The Labute approximate surface area is 221 Å². The van der Waals surface area contributed by atoms with Crippen LogP contribution in [0, 0.1) is 13.8 Å². The van der Waals surface area contributed by atoms with E-state index in [0.717, 1.165) is 54.4 Å². The Bertz CT molecular complexity index is 1730. The Kier molecular flexibility index (Phi) is 6.12. The molecule has 1 aliphatic rings. The zero-order valence-corrected chi connectivity index (χ0v) is 21.2. The van der Waals surface area contributed by atoms with Crippen LogP contribution in [0.3, 0.4) is 0 Å². The van der Waals surface area contributed by atoms with Crippen molar-refractivity contribution >= 4 is 35.5 Å². The van der Waals surface area contributed by atoms with Crippen LogP contribution in [-0.4, -0.2) is 17.6 Å². The fourth-order valence-corrected chi connectivity index (χ4v) is 5.09. The van der Waals surface area contributed by atoms with Crippen LogP contribution >= 0.6 is 0 Å². The van der Waals surface area contributed by atoms with Crippen molar-refractivity contribution in [3.05, 3.63) is 143 Å². The van der Waals surface area contributed by atoms with E-state index in [1.165, 1.54) is 0 Å². The van der Waals surface area contributed by atoms with Gasteiger partial charge >= 0.3 is 7.40 Å². The van der Waals surface area contributed by atoms with Crippen molar-refractivity contribution in [2.24, 2.45) is 4.99 Å². The fourth-order valence-electron chi connectivity index (χ4n) is 5.09. The molecule has 5 heteroatoms. The van der Waals surface area contributed by atoms with Gasteiger partial charge in [0.05, 0.1) is 11.4 Å². The average Bonchev–Trinajstić information content (AvgIpc) is 3.50. The normalized spacial score (nSPS) is 14.2. The number of rotatable bonds is 5. The molecule has 0 saturated heterocycles. The molecule has 0 aliphatic carbocycles. The van der Waals surface area contributed by atoms with E-state index in [-0.39, 0.29) is 0 Å². The molecule has 6 rings (SSSR count). The highest BCUT2D eigenvalue weighted by molar-refractivity contribution is 6.43. The molecule has 0 atom stereocenters. The van der Waals surface area contributed by atoms with Gasteiger partial charge in [0.15, 0.2) is 0 Å². The predicted octanol–water partition coefficient (Wildman–Crippen LogP) is 8.62. The molecule has 1 aromatic heterocycles. The molecule has 2 heterocycles. The first-order valence-corrected chi connectivity index (χ1v) is 12.6. The summed E-state index contributed by atoms with van der Waals surface area (Å²) < 4.78 is 31.0. The first-order valence-electron chi connectivity index (χ1n) is 12.6. The molecule has 38 heavy (non-hydrogen) atoms. The van der Waals surface area contributed by atoms with E-state index >= 15 is 0 Å². The summed E-state index contributed by atoms with van der Waals surface area (Å²) in [7, 11) is -2.73. The fraction of sp³-hybridized carbons (Fsp3) is 0.0606. The first kappa shape index (κ1) is 23.9. The highest BCUT2D eigenvalue weighted by Gasteiger charge is 2.29. The summed E-state index contributed by atoms with van der Waals surface area (Å²) >= 11 is 0. The molecule has 0 N–H and O–H groups in total. The van der Waals surface area contributed by atoms with Gasteiger partial charge in [-0.25, -0.2) is 4.99 Å². The van der Waals surface area contributed by atoms with E-state index in [1.807, 2.05) is 129 Å². The number of aliphatic imine (C=N–C) groups is 1. The minimum atomic E-state index is -2.73. The van der Waals surface area contributed by atoms with Gasteiger partial charge in [-0.1, -0.05) is 108 Å². The number of benzene rings is 4. The molecular weight excluding hydrogens is 473 g/mol. The lowest BCUT2D eigenvalue weighted by Crippen LogP contribution is -2.16. The highest BCUT2D eigenvalue weighted by atomic mass is 19.2. The van der Waals surface area contributed by atoms with Gasteiger partial charge in [0.2, 0.25) is 0 Å². The largest absolute Gasteiger partial charge is 0.678 e. The van der Waals surface area contributed by atoms with E-state index in [4.69, 9.17) is 4.99 Å². The zero-order valence-electron chi connectivity index (χ0n) is 21.2. The number of halogens is 2. The monoisotopic (exact) mass is 498 g/mol. The summed E-state index contributed by atoms with van der Waals surface area (Å²) in [5.74, 6) is 0. The summed E-state index contributed by atoms with van der Waals surface area (Å²) in [5, 5.41) is 1.58. The Morgan fingerprint density at radius 2 is 1.32 bits per heavy atom. The molecule has 0 spiro atoms. The average molecular weight is 498 g/mol. The number of hydrogen-bond acceptors (Lipinski definition) is 1. The summed E-state index contributed by atoms with van der Waals surface area (Å²) in [6, 6.07) is 33.6. The lowest BCUT2D eigenvalue weighted by atomic mass is 10.0. The third-order valence-corrected chi connectivity index (χ3v) is 6.95. The summed E-state index contributed by atoms with van der Waals surface area (Å²) in [5.41, 5.74) is 8.16. The van der Waals surface area contributed by atoms with Crippen LogP contribution in [0.4, 0.5) is 8.63 Å². The topological polar surface area (TPSA) is 17.3 Å². The van der Waals surface area contributed by atoms with Gasteiger partial charge in [-0.2, -0.15) is 0 Å². The summed E-state index contributed by atoms with van der Waals surface area (Å²) in [6.07, 6.45) is 3.86. The molecule has 4 aromatic carbocycles. The van der Waals surface area contributed by atoms with Crippen molar-refractivity contribution in [2.45, 2.75) is 13.8 Å². The van der Waals surface area contributed by atoms with Crippen LogP contribution < -0.4 is 0 Å². The van der Waals surface area contributed by atoms with Crippen LogP contribution in [0.2, 0.25) is 0 Å². The van der Waals surface area contributed by atoms with Gasteiger partial charge in [0, 0.05) is 33.3 Å². The maximum atomic E-state index is 14.9. The van der Waals surface area contributed by atoms with Gasteiger partial charge in [-0.05, 0) is 43.2 Å². The van der Waals surface area contributed by atoms with Gasteiger partial charge in [0.25, 0.3) is 0 Å². The van der Waals surface area contributed by atoms with Crippen LogP contribution in [0.5, 0.6) is 0 Å². The molecular formula is C33H25BF2N2. The molecule has 0 radical (unpaired) electrons. The van der Waals surface area contributed by atoms with E-state index < -0.39 is 7.40 Å². The number of nitrogens with zero attached hydrogens (tertiary/aromatic N) is 2. The maximum Gasteiger partial charge on any atom is 0.678 e. The molecule has 0 fully saturated rings. The van der Waals surface area contributed by atoms with Crippen LogP contribution in [-0.2, 0) is 0 Å². The second-order valence-corrected chi connectivity index (χ2v) is 9.61. The SMILES string of the molecule is Cc1ccc(-c2c3ccc(C)cc3c(/C=C3\N=C(c4ccccc4)C=C3c3ccccc3)n2B(F)F)cc1. The Morgan fingerprint density at radius 3 is 1.97 bits per heavy atom. The van der Waals surface area contributed by atoms with Gasteiger partial charge in [0.1, 0.15) is 0 Å². The van der Waals surface area contributed by atoms with Crippen molar-refractivity contribution < 1.29 is 8.63 Å². The van der Waals surface area contributed by atoms with Crippen molar-refractivity contribution in [3.8, 4) is 11.3 Å². The van der Waals surface area contributed by atoms with Gasteiger partial charge < -0.3 is 4.48 Å². The number of fused-ring (bicyclic) bond motifs is 1. The van der Waals surface area contributed by atoms with E-state index in [2.05, 4.69) is 0 Å². The molecule has 2 nitrogen and oxygen atoms in total. The van der Waals surface area contributed by atoms with Crippen molar-refractivity contribution in [3.63, 3.8) is 0 Å². The molecule has 0 amide bonds. The second-order valence-electron chi connectivity index (χ2n) is 9.61. The molecule has 184 valence electrons. The smallest absolute Gasteiger partial charge is 0.324 e. The van der Waals surface area contributed by atoms with Crippen molar-refractivity contribution in [1.29, 1.82) is 0 Å². The molecule has 1 aliphatic heterocycles. The Hall–Kier alpha value is -4.51. The molecule has 0 bridgehead atoms. The standard InChI is InChI=1S/C33H25BF2N2/c1-22-13-16-26(17-14-22)33-27-18-15-23(2)19-29(27)32(38(33)34(35)36)21-31-28(24-9-5-3-6-10-24)20-30(37-31)25-11-7-4-8-12-25/h3-21H,1-2H3/b31-21-. The molecule has 0 saturated carbocycles. The highest BCUT2D eigenvalue weighted by Crippen LogP contribution is 2.39. The van der Waals surface area contributed by atoms with E-state index in [0.29, 0.717) is 17.1 Å². The van der Waals surface area contributed by atoms with E-state index in [9.17, 15) is 8.63 Å². The second kappa shape index (κ2) is 9.75. The first-order chi connectivity index (χ1) is 18.5. The van der Waals surface area contributed by atoms with E-state index in [1.54, 1.807) is 0 Å². The minimum absolute atomic E-state index is 0.448. The maximum absolute atomic E-state index is 14.9. The van der Waals surface area contributed by atoms with Crippen molar-refractivity contribution in [2.75, 3.05) is 0 Å². The van der Waals surface area contributed by atoms with Crippen LogP contribution in [0.1, 0.15) is 27.9 Å². The number of aromatic nitrogens is 1. The zero-order chi connectivity index (χ0) is 26.2. The van der Waals surface area contributed by atoms with Crippen LogP contribution in [0.25, 0.3) is 33.7 Å². The lowest BCUT2D eigenvalue weighted by Gasteiger charge is -2.11. The third kappa shape index (κ3) is 4.30. The summed E-state index contributed by atoms with van der Waals surface area (Å²) in [4.78, 5) is 4.96. The third-order valence-electron chi connectivity index (χ3n) is 6.95. The predicted molar refractivity (Wildman–Crippen MR) is 156 cm³/mol. The summed E-state index contributed by atoms with van der Waals surface area (Å²) in [6.45, 7) is 3.98. The van der Waals surface area contributed by atoms with Crippen LogP contribution in [0.15, 0.2) is 120 Å². The lowest BCUT2D eigenvalue weighted by molar-refractivity contribution is 0.631. The Morgan fingerprint density at radius 1 is 0.684 bits per heavy atom. The quantitative estimate of drug-likeness (QED) is 0.216.